The fraction of sp³-hybridized carbons (Fsp3) is 0.625. The van der Waals surface area contributed by atoms with E-state index < -0.39 is 11.6 Å². The molecule has 3 amide bonds. The van der Waals surface area contributed by atoms with E-state index in [4.69, 9.17) is 9.15 Å². The number of alkyl halides is 1. The molecule has 2 fully saturated rings. The number of carbonyl (C=O) groups excluding carboxylic acids is 2. The minimum absolute atomic E-state index is 0.144. The smallest absolute Gasteiger partial charge is 0.317 e. The van der Waals surface area contributed by atoms with Crippen LogP contribution >= 0.6 is 0 Å². The summed E-state index contributed by atoms with van der Waals surface area (Å²) in [7, 11) is 0. The van der Waals surface area contributed by atoms with Crippen molar-refractivity contribution in [3.8, 4) is 0 Å². The van der Waals surface area contributed by atoms with E-state index in [2.05, 4.69) is 5.32 Å². The van der Waals surface area contributed by atoms with Crippen molar-refractivity contribution < 1.29 is 23.1 Å². The third-order valence-electron chi connectivity index (χ3n) is 4.41. The number of amides is 3. The van der Waals surface area contributed by atoms with E-state index in [1.807, 2.05) is 0 Å². The molecule has 3 heterocycles. The number of hydrogen-bond acceptors (Lipinski definition) is 4. The third kappa shape index (κ3) is 3.69. The molecule has 2 aliphatic heterocycles. The maximum Gasteiger partial charge on any atom is 0.317 e. The van der Waals surface area contributed by atoms with Crippen LogP contribution in [-0.2, 0) is 16.1 Å². The molecule has 0 radical (unpaired) electrons. The Morgan fingerprint density at radius 1 is 1.25 bits per heavy atom. The molecule has 1 unspecified atom stereocenters. The summed E-state index contributed by atoms with van der Waals surface area (Å²) in [5.41, 5.74) is -2.02. The summed E-state index contributed by atoms with van der Waals surface area (Å²) in [6, 6.07) is 3.09. The summed E-state index contributed by atoms with van der Waals surface area (Å²) < 4.78 is 25.5. The molecular weight excluding hydrogens is 317 g/mol. The normalized spacial score (nSPS) is 24.7. The molecule has 2 saturated heterocycles. The number of urea groups is 1. The monoisotopic (exact) mass is 339 g/mol. The summed E-state index contributed by atoms with van der Waals surface area (Å²) in [5.74, 6) is 0.0885. The Balaban J connectivity index is 1.57. The molecule has 0 aliphatic carbocycles. The molecule has 0 saturated carbocycles. The number of morpholine rings is 1. The first-order valence-electron chi connectivity index (χ1n) is 8.20. The molecule has 2 aliphatic rings. The highest BCUT2D eigenvalue weighted by Crippen LogP contribution is 2.28. The predicted molar refractivity (Wildman–Crippen MR) is 83.0 cm³/mol. The van der Waals surface area contributed by atoms with Crippen molar-refractivity contribution in [1.29, 1.82) is 0 Å². The zero-order valence-electron chi connectivity index (χ0n) is 13.5. The quantitative estimate of drug-likeness (QED) is 0.896. The largest absolute Gasteiger partial charge is 0.467 e. The zero-order chi connectivity index (χ0) is 17.0. The van der Waals surface area contributed by atoms with E-state index >= 15 is 4.39 Å². The van der Waals surface area contributed by atoms with Gasteiger partial charge < -0.3 is 24.3 Å². The van der Waals surface area contributed by atoms with Crippen LogP contribution in [0.1, 0.15) is 18.6 Å². The molecule has 3 rings (SSSR count). The number of nitrogens with one attached hydrogen (secondary N) is 1. The summed E-state index contributed by atoms with van der Waals surface area (Å²) in [4.78, 5) is 27.6. The second-order valence-corrected chi connectivity index (χ2v) is 6.13. The Hall–Kier alpha value is -2.09. The summed E-state index contributed by atoms with van der Waals surface area (Å²) in [6.07, 6.45) is 2.13. The van der Waals surface area contributed by atoms with E-state index in [1.54, 1.807) is 12.1 Å². The number of rotatable bonds is 3. The number of nitrogens with zero attached hydrogens (tertiary/aromatic N) is 2. The first-order chi connectivity index (χ1) is 11.6. The molecule has 0 spiro atoms. The van der Waals surface area contributed by atoms with Gasteiger partial charge in [-0.1, -0.05) is 0 Å². The Morgan fingerprint density at radius 2 is 2.04 bits per heavy atom. The fourth-order valence-electron chi connectivity index (χ4n) is 3.10. The lowest BCUT2D eigenvalue weighted by molar-refractivity contribution is -0.151. The first kappa shape index (κ1) is 16.8. The lowest BCUT2D eigenvalue weighted by Gasteiger charge is -2.39. The maximum absolute atomic E-state index is 15.2. The molecule has 1 aromatic heterocycles. The van der Waals surface area contributed by atoms with Crippen molar-refractivity contribution in [3.05, 3.63) is 24.2 Å². The van der Waals surface area contributed by atoms with E-state index in [1.165, 1.54) is 16.1 Å². The van der Waals surface area contributed by atoms with Gasteiger partial charge in [0.1, 0.15) is 5.76 Å². The van der Waals surface area contributed by atoms with Crippen molar-refractivity contribution in [2.75, 3.05) is 39.4 Å². The Labute approximate surface area is 139 Å². The van der Waals surface area contributed by atoms with E-state index in [0.29, 0.717) is 45.0 Å². The van der Waals surface area contributed by atoms with Crippen LogP contribution in [0.5, 0.6) is 0 Å². The topological polar surface area (TPSA) is 75.0 Å². The second-order valence-electron chi connectivity index (χ2n) is 6.13. The van der Waals surface area contributed by atoms with Crippen LogP contribution in [0, 0.1) is 0 Å². The van der Waals surface area contributed by atoms with Gasteiger partial charge in [-0.15, -0.1) is 0 Å². The summed E-state index contributed by atoms with van der Waals surface area (Å²) in [5, 5.41) is 2.69. The number of likely N-dealkylation sites (tertiary alicyclic amines) is 1. The highest BCUT2D eigenvalue weighted by molar-refractivity contribution is 5.86. The van der Waals surface area contributed by atoms with Crippen LogP contribution in [-0.4, -0.2) is 66.8 Å². The zero-order valence-corrected chi connectivity index (χ0v) is 13.5. The summed E-state index contributed by atoms with van der Waals surface area (Å²) in [6.45, 7) is 2.10. The molecule has 132 valence electrons. The van der Waals surface area contributed by atoms with Crippen molar-refractivity contribution in [2.45, 2.75) is 25.1 Å². The van der Waals surface area contributed by atoms with Crippen LogP contribution in [0.15, 0.2) is 22.8 Å². The lowest BCUT2D eigenvalue weighted by Crippen LogP contribution is -2.59. The van der Waals surface area contributed by atoms with Crippen molar-refractivity contribution in [3.63, 3.8) is 0 Å². The Bertz CT molecular complexity index is 574. The Morgan fingerprint density at radius 3 is 2.75 bits per heavy atom. The maximum atomic E-state index is 15.2. The van der Waals surface area contributed by atoms with Gasteiger partial charge in [0.25, 0.3) is 5.91 Å². The second kappa shape index (κ2) is 7.21. The van der Waals surface area contributed by atoms with Gasteiger partial charge in [-0.05, 0) is 25.0 Å². The van der Waals surface area contributed by atoms with Crippen molar-refractivity contribution >= 4 is 11.9 Å². The average Bonchev–Trinajstić information content (AvgIpc) is 3.13. The highest BCUT2D eigenvalue weighted by Gasteiger charge is 2.46. The number of carbonyl (C=O) groups is 2. The van der Waals surface area contributed by atoms with Gasteiger partial charge in [0.2, 0.25) is 5.67 Å². The Kier molecular flexibility index (Phi) is 5.03. The number of piperidine rings is 1. The molecule has 8 heteroatoms. The minimum Gasteiger partial charge on any atom is -0.467 e. The standard InChI is InChI=1S/C16H22FN3O4/c17-16(14(21)19-6-9-23-10-7-19)4-2-5-20(12-16)15(22)18-11-13-3-1-8-24-13/h1,3,8H,2,4-7,9-12H2,(H,18,22). The van der Waals surface area contributed by atoms with E-state index in [-0.39, 0.29) is 25.5 Å². The lowest BCUT2D eigenvalue weighted by atomic mass is 9.93. The van der Waals surface area contributed by atoms with Crippen LogP contribution in [0.3, 0.4) is 0 Å². The number of furan rings is 1. The number of halogens is 1. The van der Waals surface area contributed by atoms with Crippen LogP contribution in [0.25, 0.3) is 0 Å². The summed E-state index contributed by atoms with van der Waals surface area (Å²) >= 11 is 0. The molecule has 1 N–H and O–H groups in total. The molecule has 0 bridgehead atoms. The predicted octanol–water partition coefficient (Wildman–Crippen LogP) is 1.15. The average molecular weight is 339 g/mol. The molecular formula is C16H22FN3O4. The van der Waals surface area contributed by atoms with Crippen LogP contribution < -0.4 is 5.32 Å². The minimum atomic E-state index is -2.02. The van der Waals surface area contributed by atoms with Gasteiger partial charge in [-0.25, -0.2) is 9.18 Å². The molecule has 7 nitrogen and oxygen atoms in total. The third-order valence-corrected chi connectivity index (χ3v) is 4.41. The van der Waals surface area contributed by atoms with Gasteiger partial charge in [0, 0.05) is 19.6 Å². The van der Waals surface area contributed by atoms with Gasteiger partial charge in [0.05, 0.1) is 32.6 Å². The van der Waals surface area contributed by atoms with E-state index in [9.17, 15) is 9.59 Å². The van der Waals surface area contributed by atoms with Gasteiger partial charge >= 0.3 is 6.03 Å². The molecule has 1 atom stereocenters. The van der Waals surface area contributed by atoms with Gasteiger partial charge in [-0.2, -0.15) is 0 Å². The molecule has 24 heavy (non-hydrogen) atoms. The van der Waals surface area contributed by atoms with Crippen LogP contribution in [0.4, 0.5) is 9.18 Å². The number of hydrogen-bond donors (Lipinski definition) is 1. The molecule has 0 aromatic carbocycles. The van der Waals surface area contributed by atoms with Crippen LogP contribution in [0.2, 0.25) is 0 Å². The highest BCUT2D eigenvalue weighted by atomic mass is 19.1. The van der Waals surface area contributed by atoms with Gasteiger partial charge in [0.15, 0.2) is 0 Å². The van der Waals surface area contributed by atoms with Crippen molar-refractivity contribution in [2.24, 2.45) is 0 Å². The van der Waals surface area contributed by atoms with Crippen molar-refractivity contribution in [1.82, 2.24) is 15.1 Å². The SMILES string of the molecule is O=C(NCc1ccco1)N1CCCC(F)(C(=O)N2CCOCC2)C1. The fourth-order valence-corrected chi connectivity index (χ4v) is 3.10. The molecule has 1 aromatic rings. The number of ether oxygens (including phenoxy) is 1. The first-order valence-corrected chi connectivity index (χ1v) is 8.20. The van der Waals surface area contributed by atoms with Gasteiger partial charge in [-0.3, -0.25) is 4.79 Å². The van der Waals surface area contributed by atoms with E-state index in [0.717, 1.165) is 0 Å².